The van der Waals surface area contributed by atoms with Gasteiger partial charge in [-0.15, -0.1) is 11.3 Å². The Balaban J connectivity index is 1.47. The molecule has 2 amide bonds. The molecule has 2 aromatic rings. The number of nitrogens with two attached hydrogens (primary N) is 3. The molecule has 3 atom stereocenters. The molecule has 3 heterocycles. The van der Waals surface area contributed by atoms with Gasteiger partial charge in [0.25, 0.3) is 5.91 Å². The number of carbonyl (C=O) groups excluding carboxylic acids is 3. The standard InChI is InChI=1S/C24H32N8O3S/c25-23(26)29-10-4-7-17(19(33)21-28-11-14-36-21)30-20(34)18-8-12-31-13-9-24(27,22(35)32(18)31)15-16-5-2-1-3-6-16/h1-3,5-6,11,14,17-18H,4,7-10,12-13,15,27H2,(H,30,34)(H4,25,26,29)/t17?,18-,24+/m0/s1. The van der Waals surface area contributed by atoms with Crippen LogP contribution in [0.5, 0.6) is 0 Å². The van der Waals surface area contributed by atoms with E-state index in [9.17, 15) is 14.4 Å². The zero-order valence-electron chi connectivity index (χ0n) is 20.0. The molecule has 36 heavy (non-hydrogen) atoms. The smallest absolute Gasteiger partial charge is 0.258 e. The van der Waals surface area contributed by atoms with Crippen molar-refractivity contribution in [3.63, 3.8) is 0 Å². The van der Waals surface area contributed by atoms with Crippen molar-refractivity contribution in [2.24, 2.45) is 22.2 Å². The number of fused-ring (bicyclic) bond motifs is 1. The summed E-state index contributed by atoms with van der Waals surface area (Å²) in [6.45, 7) is 1.48. The molecule has 2 fully saturated rings. The molecule has 192 valence electrons. The van der Waals surface area contributed by atoms with Crippen molar-refractivity contribution in [3.8, 4) is 0 Å². The number of benzene rings is 1. The van der Waals surface area contributed by atoms with Crippen molar-refractivity contribution in [2.75, 3.05) is 19.6 Å². The lowest BCUT2D eigenvalue weighted by molar-refractivity contribution is -0.165. The highest BCUT2D eigenvalue weighted by Gasteiger charge is 2.51. The van der Waals surface area contributed by atoms with Crippen molar-refractivity contribution in [1.82, 2.24) is 20.3 Å². The van der Waals surface area contributed by atoms with E-state index in [1.54, 1.807) is 11.6 Å². The Morgan fingerprint density at radius 2 is 2.03 bits per heavy atom. The number of carbonyl (C=O) groups is 3. The van der Waals surface area contributed by atoms with E-state index in [0.717, 1.165) is 5.56 Å². The summed E-state index contributed by atoms with van der Waals surface area (Å²) >= 11 is 1.21. The highest BCUT2D eigenvalue weighted by atomic mass is 32.1. The average Bonchev–Trinajstić information content (AvgIpc) is 3.54. The van der Waals surface area contributed by atoms with E-state index in [4.69, 9.17) is 17.2 Å². The van der Waals surface area contributed by atoms with Gasteiger partial charge in [0.2, 0.25) is 11.7 Å². The van der Waals surface area contributed by atoms with Gasteiger partial charge >= 0.3 is 0 Å². The van der Waals surface area contributed by atoms with E-state index in [-0.39, 0.29) is 23.6 Å². The minimum Gasteiger partial charge on any atom is -0.370 e. The highest BCUT2D eigenvalue weighted by molar-refractivity contribution is 7.11. The number of hydrogen-bond acceptors (Lipinski definition) is 8. The van der Waals surface area contributed by atoms with Crippen molar-refractivity contribution < 1.29 is 14.4 Å². The second kappa shape index (κ2) is 11.1. The van der Waals surface area contributed by atoms with Crippen LogP contribution in [0, 0.1) is 0 Å². The number of thiazole rings is 1. The molecule has 12 heteroatoms. The van der Waals surface area contributed by atoms with Crippen LogP contribution in [0.25, 0.3) is 0 Å². The first-order valence-electron chi connectivity index (χ1n) is 12.0. The lowest BCUT2D eigenvalue weighted by Crippen LogP contribution is -2.67. The van der Waals surface area contributed by atoms with Crippen LogP contribution in [0.4, 0.5) is 0 Å². The predicted molar refractivity (Wildman–Crippen MR) is 137 cm³/mol. The molecule has 1 aromatic carbocycles. The molecule has 2 aliphatic heterocycles. The van der Waals surface area contributed by atoms with E-state index in [2.05, 4.69) is 15.3 Å². The molecule has 2 saturated heterocycles. The molecule has 2 aliphatic rings. The van der Waals surface area contributed by atoms with Crippen LogP contribution in [-0.2, 0) is 16.0 Å². The van der Waals surface area contributed by atoms with Gasteiger partial charge in [-0.25, -0.2) is 9.99 Å². The first-order valence-corrected chi connectivity index (χ1v) is 12.9. The van der Waals surface area contributed by atoms with Crippen LogP contribution in [-0.4, -0.2) is 75.8 Å². The number of amides is 2. The largest absolute Gasteiger partial charge is 0.370 e. The number of Topliss-reactive ketones (excluding diaryl/α,β-unsaturated/α-hetero) is 1. The summed E-state index contributed by atoms with van der Waals surface area (Å²) in [5.74, 6) is -0.963. The summed E-state index contributed by atoms with van der Waals surface area (Å²) in [4.78, 5) is 48.1. The van der Waals surface area contributed by atoms with E-state index in [0.29, 0.717) is 56.7 Å². The fourth-order valence-corrected chi connectivity index (χ4v) is 5.38. The summed E-state index contributed by atoms with van der Waals surface area (Å²) in [6.07, 6.45) is 3.72. The molecule has 0 bridgehead atoms. The van der Waals surface area contributed by atoms with Crippen LogP contribution in [0.3, 0.4) is 0 Å². The van der Waals surface area contributed by atoms with Gasteiger partial charge in [-0.2, -0.15) is 0 Å². The Morgan fingerprint density at radius 1 is 1.25 bits per heavy atom. The quantitative estimate of drug-likeness (QED) is 0.149. The molecule has 0 radical (unpaired) electrons. The van der Waals surface area contributed by atoms with Gasteiger partial charge in [0.15, 0.2) is 11.0 Å². The van der Waals surface area contributed by atoms with Crippen molar-refractivity contribution >= 4 is 34.9 Å². The summed E-state index contributed by atoms with van der Waals surface area (Å²) in [5, 5.41) is 8.29. The van der Waals surface area contributed by atoms with Gasteiger partial charge in [-0.1, -0.05) is 30.3 Å². The molecule has 0 saturated carbocycles. The third-order valence-electron chi connectivity index (χ3n) is 6.60. The maximum atomic E-state index is 13.6. The van der Waals surface area contributed by atoms with E-state index < -0.39 is 17.6 Å². The number of hydrazine groups is 1. The Kier molecular flexibility index (Phi) is 7.97. The van der Waals surface area contributed by atoms with Gasteiger partial charge < -0.3 is 22.5 Å². The number of aromatic nitrogens is 1. The zero-order valence-corrected chi connectivity index (χ0v) is 20.8. The number of nitrogens with zero attached hydrogens (tertiary/aromatic N) is 4. The van der Waals surface area contributed by atoms with Crippen molar-refractivity contribution in [1.29, 1.82) is 0 Å². The van der Waals surface area contributed by atoms with Crippen LogP contribution < -0.4 is 22.5 Å². The highest BCUT2D eigenvalue weighted by Crippen LogP contribution is 2.31. The van der Waals surface area contributed by atoms with Crippen molar-refractivity contribution in [3.05, 3.63) is 52.5 Å². The Labute approximate surface area is 213 Å². The van der Waals surface area contributed by atoms with Gasteiger partial charge in [0.1, 0.15) is 11.6 Å². The second-order valence-corrected chi connectivity index (χ2v) is 10.1. The fraction of sp³-hybridized carbons (Fsp3) is 0.458. The van der Waals surface area contributed by atoms with Gasteiger partial charge in [0.05, 0.1) is 6.04 Å². The monoisotopic (exact) mass is 512 g/mol. The number of aliphatic imine (C=N–C) groups is 1. The predicted octanol–water partition coefficient (Wildman–Crippen LogP) is 0.0260. The lowest BCUT2D eigenvalue weighted by atomic mass is 9.85. The van der Waals surface area contributed by atoms with Crippen LogP contribution >= 0.6 is 11.3 Å². The normalized spacial score (nSPS) is 22.6. The van der Waals surface area contributed by atoms with Crippen molar-refractivity contribution in [2.45, 2.75) is 49.7 Å². The summed E-state index contributed by atoms with van der Waals surface area (Å²) < 4.78 is 0. The molecule has 4 rings (SSSR count). The van der Waals surface area contributed by atoms with Crippen LogP contribution in [0.1, 0.15) is 41.0 Å². The third-order valence-corrected chi connectivity index (χ3v) is 7.38. The molecule has 1 unspecified atom stereocenters. The van der Waals surface area contributed by atoms with E-state index in [1.165, 1.54) is 16.3 Å². The summed E-state index contributed by atoms with van der Waals surface area (Å²) in [5.41, 5.74) is 17.3. The van der Waals surface area contributed by atoms with Gasteiger partial charge in [-0.3, -0.25) is 24.4 Å². The van der Waals surface area contributed by atoms with E-state index >= 15 is 0 Å². The second-order valence-electron chi connectivity index (χ2n) is 9.19. The number of rotatable bonds is 10. The maximum Gasteiger partial charge on any atom is 0.258 e. The lowest BCUT2D eigenvalue weighted by Gasteiger charge is -2.44. The van der Waals surface area contributed by atoms with Crippen LogP contribution in [0.15, 0.2) is 46.9 Å². The number of guanidine groups is 1. The number of hydrogen-bond donors (Lipinski definition) is 4. The number of ketones is 1. The summed E-state index contributed by atoms with van der Waals surface area (Å²) in [7, 11) is 0. The molecule has 1 aromatic heterocycles. The molecule has 11 nitrogen and oxygen atoms in total. The molecular formula is C24H32N8O3S. The first-order chi connectivity index (χ1) is 17.3. The number of nitrogens with one attached hydrogen (secondary N) is 1. The van der Waals surface area contributed by atoms with Crippen LogP contribution in [0.2, 0.25) is 0 Å². The van der Waals surface area contributed by atoms with E-state index in [1.807, 2.05) is 35.3 Å². The van der Waals surface area contributed by atoms with Gasteiger partial charge in [-0.05, 0) is 37.7 Å². The molecule has 0 aliphatic carbocycles. The molecule has 7 N–H and O–H groups in total. The zero-order chi connectivity index (χ0) is 25.7. The fourth-order valence-electron chi connectivity index (χ4n) is 4.75. The summed E-state index contributed by atoms with van der Waals surface area (Å²) in [6, 6.07) is 8.09. The Morgan fingerprint density at radius 3 is 2.72 bits per heavy atom. The first kappa shape index (κ1) is 25.7. The Bertz CT molecular complexity index is 1110. The average molecular weight is 513 g/mol. The maximum absolute atomic E-state index is 13.6. The molecular weight excluding hydrogens is 480 g/mol. The minimum atomic E-state index is -1.10. The Hall–Kier alpha value is -3.35. The topological polar surface area (TPSA) is 173 Å². The SMILES string of the molecule is NC(N)=NCCCC(NC(=O)[C@@H]1CCN2CC[C@@](N)(Cc3ccccc3)C(=O)N12)C(=O)c1nccs1. The minimum absolute atomic E-state index is 0.0303. The van der Waals surface area contributed by atoms with Gasteiger partial charge in [0, 0.05) is 31.2 Å². The molecule has 0 spiro atoms. The third kappa shape index (κ3) is 5.72.